The van der Waals surface area contributed by atoms with Gasteiger partial charge in [-0.1, -0.05) is 48.5 Å². The van der Waals surface area contributed by atoms with Crippen molar-refractivity contribution in [1.82, 2.24) is 9.88 Å². The average molecular weight is 369 g/mol. The second-order valence-corrected chi connectivity index (χ2v) is 6.77. The molecule has 1 N–H and O–H groups in total. The zero-order chi connectivity index (χ0) is 20.1. The van der Waals surface area contributed by atoms with E-state index in [1.165, 1.54) is 0 Å². The molecule has 0 bridgehead atoms. The van der Waals surface area contributed by atoms with Crippen LogP contribution in [0.1, 0.15) is 35.5 Å². The molecule has 3 rings (SSSR count). The van der Waals surface area contributed by atoms with Crippen molar-refractivity contribution in [3.8, 4) is 11.8 Å². The van der Waals surface area contributed by atoms with E-state index < -0.39 is 0 Å². The van der Waals surface area contributed by atoms with E-state index in [0.717, 1.165) is 28.2 Å². The number of nitriles is 1. The van der Waals surface area contributed by atoms with Gasteiger partial charge in [-0.3, -0.25) is 4.79 Å². The van der Waals surface area contributed by atoms with Crippen molar-refractivity contribution in [2.75, 3.05) is 0 Å². The number of carbonyl (C=O) groups is 1. The molecule has 0 aliphatic rings. The number of aryl methyl sites for hydroxylation is 1. The lowest BCUT2D eigenvalue weighted by atomic mass is 10.1. The minimum Gasteiger partial charge on any atom is -0.345 e. The second-order valence-electron chi connectivity index (χ2n) is 6.77. The van der Waals surface area contributed by atoms with E-state index in [1.807, 2.05) is 93.6 Å². The fourth-order valence-corrected chi connectivity index (χ4v) is 3.31. The summed E-state index contributed by atoms with van der Waals surface area (Å²) in [6, 6.07) is 23.6. The molecule has 1 aromatic heterocycles. The molecule has 2 aromatic carbocycles. The summed E-state index contributed by atoms with van der Waals surface area (Å²) in [5.41, 5.74) is 5.04. The summed E-state index contributed by atoms with van der Waals surface area (Å²) in [4.78, 5) is 12.6. The van der Waals surface area contributed by atoms with Crippen LogP contribution >= 0.6 is 0 Å². The zero-order valence-corrected chi connectivity index (χ0v) is 16.3. The van der Waals surface area contributed by atoms with Crippen LogP contribution in [0, 0.1) is 25.2 Å². The number of benzene rings is 2. The first kappa shape index (κ1) is 19.2. The number of nitrogens with zero attached hydrogens (tertiary/aromatic N) is 2. The Bertz CT molecular complexity index is 1040. The highest BCUT2D eigenvalue weighted by Crippen LogP contribution is 2.23. The maximum atomic E-state index is 12.6. The van der Waals surface area contributed by atoms with Crippen molar-refractivity contribution in [2.45, 2.75) is 26.8 Å². The lowest BCUT2D eigenvalue weighted by molar-refractivity contribution is -0.117. The van der Waals surface area contributed by atoms with Gasteiger partial charge >= 0.3 is 0 Å². The number of aromatic nitrogens is 1. The smallest absolute Gasteiger partial charge is 0.262 e. The third-order valence-corrected chi connectivity index (χ3v) is 4.80. The molecule has 1 amide bonds. The lowest BCUT2D eigenvalue weighted by Crippen LogP contribution is -2.27. The first-order chi connectivity index (χ1) is 13.5. The summed E-state index contributed by atoms with van der Waals surface area (Å²) < 4.78 is 2.12. The number of amides is 1. The zero-order valence-electron chi connectivity index (χ0n) is 16.3. The Kier molecular flexibility index (Phi) is 5.76. The van der Waals surface area contributed by atoms with E-state index in [4.69, 9.17) is 0 Å². The fraction of sp³-hybridized carbons (Fsp3) is 0.167. The van der Waals surface area contributed by atoms with Crippen LogP contribution in [0.5, 0.6) is 0 Å². The molecule has 0 radical (unpaired) electrons. The first-order valence-electron chi connectivity index (χ1n) is 9.23. The molecule has 1 atom stereocenters. The number of carbonyl (C=O) groups excluding carboxylic acids is 1. The second kappa shape index (κ2) is 8.41. The van der Waals surface area contributed by atoms with Crippen molar-refractivity contribution in [2.24, 2.45) is 0 Å². The molecule has 0 saturated carbocycles. The van der Waals surface area contributed by atoms with Crippen LogP contribution in [0.25, 0.3) is 11.8 Å². The monoisotopic (exact) mass is 369 g/mol. The Morgan fingerprint density at radius 1 is 1.07 bits per heavy atom. The third-order valence-electron chi connectivity index (χ3n) is 4.80. The highest BCUT2D eigenvalue weighted by atomic mass is 16.1. The minimum absolute atomic E-state index is 0.0936. The summed E-state index contributed by atoms with van der Waals surface area (Å²) in [6.45, 7) is 5.91. The maximum absolute atomic E-state index is 12.6. The van der Waals surface area contributed by atoms with E-state index in [9.17, 15) is 10.1 Å². The summed E-state index contributed by atoms with van der Waals surface area (Å²) in [5, 5.41) is 12.4. The SMILES string of the molecule is Cc1cc(/C=C(\C#N)C(=O)N[C@H](C)c2ccccc2)c(C)n1-c1ccccc1. The van der Waals surface area contributed by atoms with Gasteiger partial charge in [0, 0.05) is 17.1 Å². The Balaban J connectivity index is 1.87. The van der Waals surface area contributed by atoms with Gasteiger partial charge in [0.05, 0.1) is 6.04 Å². The van der Waals surface area contributed by atoms with Crippen molar-refractivity contribution < 1.29 is 4.79 Å². The largest absolute Gasteiger partial charge is 0.345 e. The van der Waals surface area contributed by atoms with Crippen molar-refractivity contribution in [3.63, 3.8) is 0 Å². The van der Waals surface area contributed by atoms with Crippen LogP contribution in [0.2, 0.25) is 0 Å². The van der Waals surface area contributed by atoms with Gasteiger partial charge in [0.15, 0.2) is 0 Å². The minimum atomic E-state index is -0.372. The molecule has 0 aliphatic heterocycles. The normalized spacial score (nSPS) is 12.3. The summed E-state index contributed by atoms with van der Waals surface area (Å²) in [7, 11) is 0. The first-order valence-corrected chi connectivity index (χ1v) is 9.23. The molecule has 0 fully saturated rings. The summed E-state index contributed by atoms with van der Waals surface area (Å²) in [5.74, 6) is -0.372. The predicted molar refractivity (Wildman–Crippen MR) is 112 cm³/mol. The van der Waals surface area contributed by atoms with Gasteiger partial charge in [-0.05, 0) is 56.2 Å². The summed E-state index contributed by atoms with van der Waals surface area (Å²) >= 11 is 0. The van der Waals surface area contributed by atoms with Crippen LogP contribution in [0.3, 0.4) is 0 Å². The van der Waals surface area contributed by atoms with E-state index in [2.05, 4.69) is 9.88 Å². The van der Waals surface area contributed by atoms with E-state index >= 15 is 0 Å². The van der Waals surface area contributed by atoms with Crippen LogP contribution in [0.15, 0.2) is 72.3 Å². The molecule has 0 aliphatic carbocycles. The fourth-order valence-electron chi connectivity index (χ4n) is 3.31. The van der Waals surface area contributed by atoms with Gasteiger partial charge in [-0.15, -0.1) is 0 Å². The number of nitrogens with one attached hydrogen (secondary N) is 1. The molecule has 1 heterocycles. The molecule has 0 unspecified atom stereocenters. The molecule has 140 valence electrons. The standard InChI is InChI=1S/C24H23N3O/c1-17-14-21(19(3)27(17)23-12-8-5-9-13-23)15-22(16-25)24(28)26-18(2)20-10-6-4-7-11-20/h4-15,18H,1-3H3,(H,26,28)/b22-15+/t18-/m1/s1. The van der Waals surface area contributed by atoms with Crippen LogP contribution in [-0.4, -0.2) is 10.5 Å². The molecule has 3 aromatic rings. The van der Waals surface area contributed by atoms with Gasteiger partial charge in [-0.25, -0.2) is 0 Å². The number of hydrogen-bond donors (Lipinski definition) is 1. The van der Waals surface area contributed by atoms with Crippen molar-refractivity contribution in [1.29, 1.82) is 5.26 Å². The van der Waals surface area contributed by atoms with Crippen LogP contribution in [-0.2, 0) is 4.79 Å². The third kappa shape index (κ3) is 4.05. The number of hydrogen-bond acceptors (Lipinski definition) is 2. The number of para-hydroxylation sites is 1. The van der Waals surface area contributed by atoms with Gasteiger partial charge < -0.3 is 9.88 Å². The maximum Gasteiger partial charge on any atom is 0.262 e. The molecule has 28 heavy (non-hydrogen) atoms. The van der Waals surface area contributed by atoms with Crippen LogP contribution in [0.4, 0.5) is 0 Å². The van der Waals surface area contributed by atoms with Crippen molar-refractivity contribution >= 4 is 12.0 Å². The van der Waals surface area contributed by atoms with Gasteiger partial charge in [0.1, 0.15) is 11.6 Å². The Morgan fingerprint density at radius 3 is 2.29 bits per heavy atom. The van der Waals surface area contributed by atoms with E-state index in [-0.39, 0.29) is 17.5 Å². The quantitative estimate of drug-likeness (QED) is 0.515. The topological polar surface area (TPSA) is 57.8 Å². The predicted octanol–water partition coefficient (Wildman–Crippen LogP) is 4.88. The lowest BCUT2D eigenvalue weighted by Gasteiger charge is -2.13. The molecular formula is C24H23N3O. The molecular weight excluding hydrogens is 346 g/mol. The molecule has 4 heteroatoms. The van der Waals surface area contributed by atoms with Crippen molar-refractivity contribution in [3.05, 3.63) is 94.8 Å². The summed E-state index contributed by atoms with van der Waals surface area (Å²) in [6.07, 6.45) is 1.66. The Labute approximate surface area is 165 Å². The van der Waals surface area contributed by atoms with Crippen LogP contribution < -0.4 is 5.32 Å². The van der Waals surface area contributed by atoms with E-state index in [0.29, 0.717) is 0 Å². The number of rotatable bonds is 5. The van der Waals surface area contributed by atoms with Gasteiger partial charge in [0.25, 0.3) is 5.91 Å². The molecule has 0 spiro atoms. The highest BCUT2D eigenvalue weighted by molar-refractivity contribution is 6.02. The molecule has 4 nitrogen and oxygen atoms in total. The Hall–Kier alpha value is -3.58. The van der Waals surface area contributed by atoms with Gasteiger partial charge in [0.2, 0.25) is 0 Å². The van der Waals surface area contributed by atoms with Gasteiger partial charge in [-0.2, -0.15) is 5.26 Å². The molecule has 0 saturated heterocycles. The average Bonchev–Trinajstić information content (AvgIpc) is 3.00. The highest BCUT2D eigenvalue weighted by Gasteiger charge is 2.16. The Morgan fingerprint density at radius 2 is 1.68 bits per heavy atom. The van der Waals surface area contributed by atoms with E-state index in [1.54, 1.807) is 6.08 Å².